The summed E-state index contributed by atoms with van der Waals surface area (Å²) < 4.78 is 30.4. The smallest absolute Gasteiger partial charge is 0.354 e. The van der Waals surface area contributed by atoms with Gasteiger partial charge in [0.05, 0.1) is 19.3 Å². The van der Waals surface area contributed by atoms with Gasteiger partial charge in [0, 0.05) is 12.2 Å². The van der Waals surface area contributed by atoms with Gasteiger partial charge in [0.1, 0.15) is 17.6 Å². The lowest BCUT2D eigenvalue weighted by molar-refractivity contribution is -0.0177. The number of aryl methyl sites for hydroxylation is 2. The van der Waals surface area contributed by atoms with E-state index < -0.39 is 15.9 Å². The van der Waals surface area contributed by atoms with Crippen molar-refractivity contribution in [3.8, 4) is 5.88 Å². The highest BCUT2D eigenvalue weighted by molar-refractivity contribution is 7.91. The molecule has 2 aromatic rings. The molecule has 2 atom stereocenters. The van der Waals surface area contributed by atoms with E-state index in [0.717, 1.165) is 50.8 Å². The average Bonchev–Trinajstić information content (AvgIpc) is 3.51. The number of amides is 2. The lowest BCUT2D eigenvalue weighted by Crippen LogP contribution is -2.35. The summed E-state index contributed by atoms with van der Waals surface area (Å²) in [5, 5.41) is 13.2. The molecule has 0 fully saturated rings. The third kappa shape index (κ3) is 4.57. The Kier molecular flexibility index (Phi) is 6.36. The van der Waals surface area contributed by atoms with Crippen molar-refractivity contribution in [1.29, 1.82) is 0 Å². The molecule has 5 rings (SSSR count). The fraction of sp³-hybridized carbons (Fsp3) is 0.565. The van der Waals surface area contributed by atoms with Crippen LogP contribution in [0.1, 0.15) is 35.1 Å². The van der Waals surface area contributed by atoms with Gasteiger partial charge in [-0.15, -0.1) is 4.36 Å². The van der Waals surface area contributed by atoms with Crippen molar-refractivity contribution in [3.05, 3.63) is 34.5 Å². The van der Waals surface area contributed by atoms with Crippen LogP contribution in [-0.2, 0) is 46.9 Å². The van der Waals surface area contributed by atoms with Crippen LogP contribution in [0.25, 0.3) is 0 Å². The Morgan fingerprint density at radius 1 is 1.29 bits per heavy atom. The highest BCUT2D eigenvalue weighted by atomic mass is 32.2. The number of hydrogen-bond acceptors (Lipinski definition) is 6. The Morgan fingerprint density at radius 2 is 2.00 bits per heavy atom. The van der Waals surface area contributed by atoms with Crippen LogP contribution in [0.15, 0.2) is 21.5 Å². The molecule has 1 aromatic carbocycles. The number of benzene rings is 1. The second kappa shape index (κ2) is 9.29. The predicted octanol–water partition coefficient (Wildman–Crippen LogP) is 2.13. The van der Waals surface area contributed by atoms with E-state index in [0.29, 0.717) is 13.2 Å². The number of likely N-dealkylation sites (N-methyl/N-ethyl adjacent to an activating group) is 1. The molecule has 1 aliphatic heterocycles. The van der Waals surface area contributed by atoms with E-state index in [1.54, 1.807) is 4.68 Å². The normalized spacial score (nSPS) is 20.3. The number of nitrogens with one attached hydrogen (secondary N) is 1. The highest BCUT2D eigenvalue weighted by Crippen LogP contribution is 2.38. The molecule has 1 unspecified atom stereocenters. The maximum absolute atomic E-state index is 13.3. The van der Waals surface area contributed by atoms with Gasteiger partial charge in [0.2, 0.25) is 5.88 Å². The average molecular weight is 489 g/mol. The Labute approximate surface area is 200 Å². The third-order valence-electron chi connectivity index (χ3n) is 6.67. The van der Waals surface area contributed by atoms with Crippen molar-refractivity contribution in [2.24, 2.45) is 9.50 Å². The summed E-state index contributed by atoms with van der Waals surface area (Å²) in [5.41, 5.74) is 5.80. The molecule has 184 valence electrons. The first-order chi connectivity index (χ1) is 16.3. The van der Waals surface area contributed by atoms with Gasteiger partial charge in [0.15, 0.2) is 9.92 Å². The summed E-state index contributed by atoms with van der Waals surface area (Å²) in [4.78, 5) is 15.0. The number of nitrogens with two attached hydrogens (primary N) is 1. The summed E-state index contributed by atoms with van der Waals surface area (Å²) in [6.07, 6.45) is 7.26. The Bertz CT molecular complexity index is 1200. The predicted molar refractivity (Wildman–Crippen MR) is 129 cm³/mol. The maximum Gasteiger partial charge on any atom is 0.354 e. The summed E-state index contributed by atoms with van der Waals surface area (Å²) in [6.45, 7) is 2.11. The highest BCUT2D eigenvalue weighted by Gasteiger charge is 2.29. The number of aromatic nitrogens is 2. The van der Waals surface area contributed by atoms with Crippen LogP contribution < -0.4 is 15.2 Å². The Balaban J connectivity index is 1.34. The minimum absolute atomic E-state index is 0.123. The number of carbonyl (C=O) groups excluding carboxylic acids is 1. The van der Waals surface area contributed by atoms with E-state index in [4.69, 9.17) is 14.6 Å². The standard InChI is InChI=1S/C23H32N6O4S/c1-28(2)9-10-32-17-13-29-22(33-14-17)20(12-25-29)34(24,31)27-23(30)26-21-18-7-3-5-15(18)11-16-6-4-8-19(16)21/h11-12,17H,3-10,13-14H2,1-2H3,(H3,24,26,27,30,31)/t17-,34?/m0/s1. The molecule has 0 saturated heterocycles. The van der Waals surface area contributed by atoms with Crippen molar-refractivity contribution >= 4 is 21.6 Å². The summed E-state index contributed by atoms with van der Waals surface area (Å²) in [7, 11) is 0.417. The van der Waals surface area contributed by atoms with Crippen molar-refractivity contribution in [3.63, 3.8) is 0 Å². The third-order valence-corrected chi connectivity index (χ3v) is 8.02. The van der Waals surface area contributed by atoms with Gasteiger partial charge in [-0.25, -0.2) is 18.8 Å². The largest absolute Gasteiger partial charge is 0.474 e. The molecule has 2 heterocycles. The summed E-state index contributed by atoms with van der Waals surface area (Å²) in [6, 6.07) is 1.58. The van der Waals surface area contributed by atoms with Crippen LogP contribution in [-0.4, -0.2) is 64.9 Å². The Morgan fingerprint density at radius 3 is 2.68 bits per heavy atom. The van der Waals surface area contributed by atoms with Crippen molar-refractivity contribution in [1.82, 2.24) is 14.7 Å². The topological polar surface area (TPSA) is 124 Å². The molecular weight excluding hydrogens is 456 g/mol. The molecule has 2 amide bonds. The first-order valence-corrected chi connectivity index (χ1v) is 13.4. The quantitative estimate of drug-likeness (QED) is 0.642. The van der Waals surface area contributed by atoms with Crippen LogP contribution in [0, 0.1) is 0 Å². The SMILES string of the molecule is CN(C)CCO[C@@H]1COc2c(S(N)(=O)=NC(=O)Nc3c4c(cc5c3CCC5)CCC4)cnn2C1. The van der Waals surface area contributed by atoms with E-state index in [2.05, 4.69) is 20.8 Å². The number of nitrogens with zero attached hydrogens (tertiary/aromatic N) is 4. The van der Waals surface area contributed by atoms with Crippen molar-refractivity contribution in [2.45, 2.75) is 56.1 Å². The molecule has 34 heavy (non-hydrogen) atoms. The number of anilines is 1. The van der Waals surface area contributed by atoms with E-state index in [1.807, 2.05) is 19.0 Å². The molecule has 3 N–H and O–H groups in total. The molecular formula is C23H32N6O4S. The molecule has 10 nitrogen and oxygen atoms in total. The van der Waals surface area contributed by atoms with E-state index in [1.165, 1.54) is 28.5 Å². The monoisotopic (exact) mass is 488 g/mol. The zero-order chi connectivity index (χ0) is 23.9. The lowest BCUT2D eigenvalue weighted by atomic mass is 9.99. The van der Waals surface area contributed by atoms with Crippen molar-refractivity contribution in [2.75, 3.05) is 39.2 Å². The van der Waals surface area contributed by atoms with Gasteiger partial charge in [-0.3, -0.25) is 0 Å². The minimum atomic E-state index is -3.54. The fourth-order valence-corrected chi connectivity index (χ4v) is 6.03. The number of ether oxygens (including phenoxy) is 2. The number of urea groups is 1. The number of rotatable bonds is 6. The molecule has 0 saturated carbocycles. The number of fused-ring (bicyclic) bond motifs is 3. The zero-order valence-corrected chi connectivity index (χ0v) is 20.5. The second-order valence-electron chi connectivity index (χ2n) is 9.43. The molecule has 0 bridgehead atoms. The molecule has 0 spiro atoms. The van der Waals surface area contributed by atoms with Gasteiger partial charge in [-0.1, -0.05) is 6.07 Å². The van der Waals surface area contributed by atoms with Crippen molar-refractivity contribution < 1.29 is 18.5 Å². The summed E-state index contributed by atoms with van der Waals surface area (Å²) in [5.74, 6) is 0.276. The lowest BCUT2D eigenvalue weighted by Gasteiger charge is -2.25. The molecule has 3 aliphatic rings. The van der Waals surface area contributed by atoms with Crippen LogP contribution in [0.2, 0.25) is 0 Å². The summed E-state index contributed by atoms with van der Waals surface area (Å²) >= 11 is 0. The van der Waals surface area contributed by atoms with Crippen LogP contribution in [0.3, 0.4) is 0 Å². The molecule has 1 aromatic heterocycles. The maximum atomic E-state index is 13.3. The number of carbonyl (C=O) groups is 1. The number of hydrogen-bond donors (Lipinski definition) is 2. The van der Waals surface area contributed by atoms with E-state index >= 15 is 0 Å². The van der Waals surface area contributed by atoms with Crippen LogP contribution in [0.5, 0.6) is 5.88 Å². The van der Waals surface area contributed by atoms with Gasteiger partial charge >= 0.3 is 6.03 Å². The van der Waals surface area contributed by atoms with Crippen LogP contribution in [0.4, 0.5) is 10.5 Å². The second-order valence-corrected chi connectivity index (χ2v) is 11.2. The Hall–Kier alpha value is -2.47. The molecule has 2 aliphatic carbocycles. The first kappa shape index (κ1) is 23.3. The van der Waals surface area contributed by atoms with Gasteiger partial charge in [-0.05, 0) is 74.9 Å². The van der Waals surface area contributed by atoms with E-state index in [9.17, 15) is 9.00 Å². The fourth-order valence-electron chi connectivity index (χ4n) is 5.02. The molecule has 0 radical (unpaired) electrons. The molecule has 11 heteroatoms. The van der Waals surface area contributed by atoms with Gasteiger partial charge < -0.3 is 19.7 Å². The van der Waals surface area contributed by atoms with Gasteiger partial charge in [0.25, 0.3) is 0 Å². The van der Waals surface area contributed by atoms with E-state index in [-0.39, 0.29) is 23.5 Å². The minimum Gasteiger partial charge on any atom is -0.474 e. The van der Waals surface area contributed by atoms with Gasteiger partial charge in [-0.2, -0.15) is 5.10 Å². The zero-order valence-electron chi connectivity index (χ0n) is 19.7. The van der Waals surface area contributed by atoms with Crippen LogP contribution >= 0.6 is 0 Å². The first-order valence-electron chi connectivity index (χ1n) is 11.8.